The number of nitro benzene ring substituents is 4. The molecule has 0 fully saturated rings. The van der Waals surface area contributed by atoms with Crippen molar-refractivity contribution in [2.24, 2.45) is 0 Å². The van der Waals surface area contributed by atoms with Crippen molar-refractivity contribution in [2.75, 3.05) is 24.1 Å². The topological polar surface area (TPSA) is 265 Å². The van der Waals surface area contributed by atoms with Crippen LogP contribution in [-0.4, -0.2) is 43.9 Å². The molecule has 2 aromatic carbocycles. The molecule has 0 radical (unpaired) electrons. The zero-order valence-electron chi connectivity index (χ0n) is 16.9. The highest BCUT2D eigenvalue weighted by atomic mass is 16.7. The fourth-order valence-corrected chi connectivity index (χ4v) is 2.27. The Balaban J connectivity index is 0.000000340. The predicted molar refractivity (Wildman–Crippen MR) is 110 cm³/mol. The highest BCUT2D eigenvalue weighted by molar-refractivity contribution is 5.65. The van der Waals surface area contributed by atoms with Gasteiger partial charge in [-0.15, -0.1) is 0 Å². The lowest BCUT2D eigenvalue weighted by Crippen LogP contribution is -2.25. The molecule has 0 spiro atoms. The Bertz CT molecular complexity index is 1090. The largest absolute Gasteiger partial charge is 0.305 e. The first kappa shape index (κ1) is 26.5. The lowest BCUT2D eigenvalue weighted by Gasteiger charge is -2.07. The minimum atomic E-state index is -0.914. The molecule has 180 valence electrons. The van der Waals surface area contributed by atoms with Crippen molar-refractivity contribution in [3.05, 3.63) is 97.1 Å². The summed E-state index contributed by atoms with van der Waals surface area (Å²) in [6, 6.07) is 5.19. The van der Waals surface area contributed by atoms with Crippen molar-refractivity contribution in [3.8, 4) is 0 Å². The molecule has 0 heterocycles. The van der Waals surface area contributed by atoms with Crippen molar-refractivity contribution in [1.82, 2.24) is 0 Å². The standard InChI is InChI=1S/2C7H6N4O6/c2*1-8(11(16)17)6-3-2-5(9(12)13)4-7(6)10(14)15/h2*2-4H,1H3. The molecule has 0 bridgehead atoms. The number of benzene rings is 2. The molecule has 34 heavy (non-hydrogen) atoms. The van der Waals surface area contributed by atoms with Gasteiger partial charge in [0.25, 0.3) is 11.4 Å². The van der Waals surface area contributed by atoms with Crippen molar-refractivity contribution in [1.29, 1.82) is 0 Å². The van der Waals surface area contributed by atoms with Gasteiger partial charge in [-0.05, 0) is 12.1 Å². The van der Waals surface area contributed by atoms with Crippen molar-refractivity contribution >= 4 is 34.1 Å². The van der Waals surface area contributed by atoms with Crippen LogP contribution in [0.2, 0.25) is 0 Å². The van der Waals surface area contributed by atoms with E-state index in [1.54, 1.807) is 0 Å². The van der Waals surface area contributed by atoms with Crippen LogP contribution in [0.25, 0.3) is 0 Å². The van der Waals surface area contributed by atoms with E-state index < -0.39 is 52.5 Å². The summed E-state index contributed by atoms with van der Waals surface area (Å²) in [4.78, 5) is 59.6. The first-order chi connectivity index (χ1) is 15.7. The molecule has 2 rings (SSSR count). The molecule has 0 N–H and O–H groups in total. The summed E-state index contributed by atoms with van der Waals surface area (Å²) in [5.74, 6) is 0. The maximum atomic E-state index is 10.7. The fourth-order valence-electron chi connectivity index (χ4n) is 2.27. The Morgan fingerprint density at radius 1 is 0.529 bits per heavy atom. The van der Waals surface area contributed by atoms with Crippen molar-refractivity contribution < 1.29 is 29.8 Å². The Morgan fingerprint density at radius 3 is 1.03 bits per heavy atom. The Morgan fingerprint density at radius 2 is 0.824 bits per heavy atom. The van der Waals surface area contributed by atoms with Gasteiger partial charge < -0.3 is 0 Å². The van der Waals surface area contributed by atoms with Gasteiger partial charge in [0.2, 0.25) is 0 Å². The number of rotatable bonds is 8. The number of nitrogens with zero attached hydrogens (tertiary/aromatic N) is 8. The molecule has 20 heteroatoms. The van der Waals surface area contributed by atoms with Crippen LogP contribution in [0.15, 0.2) is 36.4 Å². The molecule has 0 atom stereocenters. The van der Waals surface area contributed by atoms with E-state index in [0.29, 0.717) is 22.2 Å². The second-order valence-electron chi connectivity index (χ2n) is 5.90. The summed E-state index contributed by atoms with van der Waals surface area (Å²) in [6.07, 6.45) is 0. The molecule has 0 aliphatic heterocycles. The van der Waals surface area contributed by atoms with E-state index in [1.165, 1.54) is 0 Å². The van der Waals surface area contributed by atoms with Crippen molar-refractivity contribution in [2.45, 2.75) is 0 Å². The second-order valence-corrected chi connectivity index (χ2v) is 5.90. The van der Waals surface area contributed by atoms with Gasteiger partial charge in [-0.1, -0.05) is 10.0 Å². The molecule has 0 aromatic heterocycles. The highest BCUT2D eigenvalue weighted by Gasteiger charge is 2.27. The monoisotopic (exact) mass is 484 g/mol. The van der Waals surface area contributed by atoms with Gasteiger partial charge in [0.05, 0.1) is 45.9 Å². The highest BCUT2D eigenvalue weighted by Crippen LogP contribution is 2.32. The maximum Gasteiger partial charge on any atom is 0.305 e. The number of non-ortho nitro benzene ring substituents is 2. The molecular formula is C14H12N8O12. The third-order valence-electron chi connectivity index (χ3n) is 3.92. The Labute approximate surface area is 186 Å². The summed E-state index contributed by atoms with van der Waals surface area (Å²) < 4.78 is 0. The third-order valence-corrected chi connectivity index (χ3v) is 3.92. The van der Waals surface area contributed by atoms with Crippen LogP contribution in [0.1, 0.15) is 0 Å². The van der Waals surface area contributed by atoms with Crippen LogP contribution in [-0.2, 0) is 0 Å². The quantitative estimate of drug-likeness (QED) is 0.384. The number of hydrazine groups is 2. The van der Waals surface area contributed by atoms with E-state index >= 15 is 0 Å². The molecule has 0 aliphatic rings. The molecule has 0 saturated carbocycles. The zero-order chi connectivity index (χ0) is 26.3. The van der Waals surface area contributed by atoms with Gasteiger partial charge in [-0.2, -0.15) is 0 Å². The Kier molecular flexibility index (Phi) is 8.29. The van der Waals surface area contributed by atoms with E-state index in [0.717, 1.165) is 38.4 Å². The van der Waals surface area contributed by atoms with Crippen LogP contribution in [0.5, 0.6) is 0 Å². The number of hydrogen-bond donors (Lipinski definition) is 0. The summed E-state index contributed by atoms with van der Waals surface area (Å²) in [6.45, 7) is 0. The van der Waals surface area contributed by atoms with E-state index in [-0.39, 0.29) is 11.4 Å². The fraction of sp³-hybridized carbons (Fsp3) is 0.143. The van der Waals surface area contributed by atoms with Crippen LogP contribution in [0.4, 0.5) is 34.1 Å². The first-order valence-corrected chi connectivity index (χ1v) is 8.30. The summed E-state index contributed by atoms with van der Waals surface area (Å²) in [5, 5.41) is 62.2. The van der Waals surface area contributed by atoms with Gasteiger partial charge in [0.1, 0.15) is 0 Å². The predicted octanol–water partition coefficient (Wildman–Crippen LogP) is 2.26. The van der Waals surface area contributed by atoms with Gasteiger partial charge in [0.15, 0.2) is 21.4 Å². The maximum absolute atomic E-state index is 10.7. The van der Waals surface area contributed by atoms with Crippen LogP contribution in [0.3, 0.4) is 0 Å². The average Bonchev–Trinajstić information content (AvgIpc) is 2.77. The number of anilines is 2. The lowest BCUT2D eigenvalue weighted by atomic mass is 10.2. The smallest absolute Gasteiger partial charge is 0.258 e. The van der Waals surface area contributed by atoms with Crippen LogP contribution < -0.4 is 10.0 Å². The SMILES string of the molecule is CN(c1ccc([N+](=O)[O-])cc1[N+](=O)[O-])[N+](=O)[O-].CN(c1ccc([N+](=O)[O-])cc1[N+](=O)[O-])[N+](=O)[O-]. The molecule has 0 saturated heterocycles. The van der Waals surface area contributed by atoms with E-state index in [1.807, 2.05) is 0 Å². The average molecular weight is 484 g/mol. The van der Waals surface area contributed by atoms with Gasteiger partial charge in [-0.3, -0.25) is 40.5 Å². The lowest BCUT2D eigenvalue weighted by molar-refractivity contribution is -0.492. The van der Waals surface area contributed by atoms with Gasteiger partial charge in [-0.25, -0.2) is 20.2 Å². The minimum absolute atomic E-state index is 0.328. The summed E-state index contributed by atoms with van der Waals surface area (Å²) in [7, 11) is 2.02. The molecular weight excluding hydrogens is 472 g/mol. The van der Waals surface area contributed by atoms with E-state index in [4.69, 9.17) is 0 Å². The summed E-state index contributed by atoms with van der Waals surface area (Å²) >= 11 is 0. The minimum Gasteiger partial charge on any atom is -0.258 e. The second kappa shape index (κ2) is 10.7. The summed E-state index contributed by atoms with van der Waals surface area (Å²) in [5.41, 5.74) is -3.05. The number of nitro groups is 6. The molecule has 2 aromatic rings. The molecule has 20 nitrogen and oxygen atoms in total. The normalized spacial score (nSPS) is 9.71. The van der Waals surface area contributed by atoms with E-state index in [9.17, 15) is 60.7 Å². The molecule has 0 unspecified atom stereocenters. The number of hydrogen-bond acceptors (Lipinski definition) is 12. The van der Waals surface area contributed by atoms with Gasteiger partial charge in [0, 0.05) is 12.1 Å². The zero-order valence-corrected chi connectivity index (χ0v) is 16.9. The van der Waals surface area contributed by atoms with Gasteiger partial charge >= 0.3 is 11.4 Å². The first-order valence-electron chi connectivity index (χ1n) is 8.30. The molecule has 0 aliphatic carbocycles. The van der Waals surface area contributed by atoms with Crippen LogP contribution >= 0.6 is 0 Å². The van der Waals surface area contributed by atoms with Crippen molar-refractivity contribution in [3.63, 3.8) is 0 Å². The van der Waals surface area contributed by atoms with Crippen LogP contribution in [0, 0.1) is 60.7 Å². The Hall–Kier alpha value is -5.56. The molecule has 0 amide bonds. The third kappa shape index (κ3) is 6.22. The van der Waals surface area contributed by atoms with E-state index in [2.05, 4.69) is 0 Å².